The van der Waals surface area contributed by atoms with Crippen LogP contribution in [0.2, 0.25) is 0 Å². The van der Waals surface area contributed by atoms with E-state index in [4.69, 9.17) is 5.73 Å². The summed E-state index contributed by atoms with van der Waals surface area (Å²) in [6.07, 6.45) is 6.67. The zero-order chi connectivity index (χ0) is 20.3. The van der Waals surface area contributed by atoms with Gasteiger partial charge in [0.05, 0.1) is 5.03 Å². The number of hydrogen-bond donors (Lipinski definition) is 2. The number of allylic oxidation sites excluding steroid dienone is 1. The van der Waals surface area contributed by atoms with E-state index >= 15 is 0 Å². The lowest BCUT2D eigenvalue weighted by atomic mass is 9.79. The SMILES string of the molecule is CC1(c2cccc(NC(=O)c3cccc(-c4cccnc4)c3)c2)C=C(N)SCC1. The van der Waals surface area contributed by atoms with Crippen molar-refractivity contribution in [2.24, 2.45) is 5.73 Å². The van der Waals surface area contributed by atoms with E-state index in [9.17, 15) is 4.79 Å². The molecule has 1 aliphatic heterocycles. The second kappa shape index (κ2) is 8.13. The van der Waals surface area contributed by atoms with Crippen molar-refractivity contribution in [2.75, 3.05) is 11.1 Å². The average molecular weight is 402 g/mol. The van der Waals surface area contributed by atoms with Gasteiger partial charge in [-0.05, 0) is 54.0 Å². The van der Waals surface area contributed by atoms with Crippen molar-refractivity contribution in [3.05, 3.63) is 95.3 Å². The first-order valence-corrected chi connectivity index (χ1v) is 10.6. The van der Waals surface area contributed by atoms with Crippen LogP contribution >= 0.6 is 11.8 Å². The summed E-state index contributed by atoms with van der Waals surface area (Å²) in [6, 6.07) is 19.5. The van der Waals surface area contributed by atoms with Crippen LogP contribution < -0.4 is 11.1 Å². The summed E-state index contributed by atoms with van der Waals surface area (Å²) >= 11 is 1.69. The van der Waals surface area contributed by atoms with Crippen molar-refractivity contribution < 1.29 is 4.79 Å². The van der Waals surface area contributed by atoms with Gasteiger partial charge in [-0.3, -0.25) is 9.78 Å². The Morgan fingerprint density at radius 2 is 1.93 bits per heavy atom. The number of nitrogens with zero attached hydrogens (tertiary/aromatic N) is 1. The van der Waals surface area contributed by atoms with Gasteiger partial charge in [-0.15, -0.1) is 11.8 Å². The standard InChI is InChI=1S/C24H23N3OS/c1-24(10-12-29-22(25)15-24)20-8-3-9-21(14-20)27-23(28)18-6-2-5-17(13-18)19-7-4-11-26-16-19/h2-9,11,13-16H,10,12,25H2,1H3,(H,27,28). The third-order valence-electron chi connectivity index (χ3n) is 5.25. The van der Waals surface area contributed by atoms with Gasteiger partial charge in [-0.25, -0.2) is 0 Å². The van der Waals surface area contributed by atoms with E-state index in [2.05, 4.69) is 29.4 Å². The molecule has 0 spiro atoms. The van der Waals surface area contributed by atoms with Crippen LogP contribution in [-0.4, -0.2) is 16.6 Å². The molecule has 2 aromatic carbocycles. The Kier molecular flexibility index (Phi) is 5.41. The minimum Gasteiger partial charge on any atom is -0.394 e. The van der Waals surface area contributed by atoms with E-state index < -0.39 is 0 Å². The number of pyridine rings is 1. The fourth-order valence-electron chi connectivity index (χ4n) is 3.57. The molecule has 3 aromatic rings. The van der Waals surface area contributed by atoms with Gasteiger partial charge in [0.25, 0.3) is 5.91 Å². The van der Waals surface area contributed by atoms with Crippen LogP contribution in [-0.2, 0) is 5.41 Å². The van der Waals surface area contributed by atoms with Crippen LogP contribution in [0.15, 0.2) is 84.2 Å². The molecule has 0 saturated carbocycles. The second-order valence-electron chi connectivity index (χ2n) is 7.42. The quantitative estimate of drug-likeness (QED) is 0.631. The zero-order valence-corrected chi connectivity index (χ0v) is 17.1. The predicted molar refractivity (Wildman–Crippen MR) is 121 cm³/mol. The Balaban J connectivity index is 1.56. The molecule has 0 fully saturated rings. The van der Waals surface area contributed by atoms with Crippen LogP contribution in [0.3, 0.4) is 0 Å². The number of nitrogens with one attached hydrogen (secondary N) is 1. The van der Waals surface area contributed by atoms with Gasteiger partial charge in [0.2, 0.25) is 0 Å². The number of hydrogen-bond acceptors (Lipinski definition) is 4. The number of carbonyl (C=O) groups excluding carboxylic acids is 1. The second-order valence-corrected chi connectivity index (χ2v) is 8.59. The number of aromatic nitrogens is 1. The van der Waals surface area contributed by atoms with E-state index in [0.717, 1.165) is 39.6 Å². The van der Waals surface area contributed by atoms with Crippen molar-refractivity contribution in [1.82, 2.24) is 4.98 Å². The van der Waals surface area contributed by atoms with Crippen molar-refractivity contribution in [2.45, 2.75) is 18.8 Å². The number of carbonyl (C=O) groups is 1. The van der Waals surface area contributed by atoms with Gasteiger partial charge >= 0.3 is 0 Å². The lowest BCUT2D eigenvalue weighted by molar-refractivity contribution is 0.102. The number of anilines is 1. The number of nitrogens with two attached hydrogens (primary N) is 1. The third kappa shape index (κ3) is 4.35. The molecular formula is C24H23N3OS. The monoisotopic (exact) mass is 401 g/mol. The number of benzene rings is 2. The molecule has 1 aliphatic rings. The van der Waals surface area contributed by atoms with E-state index in [1.54, 1.807) is 24.2 Å². The summed E-state index contributed by atoms with van der Waals surface area (Å²) in [4.78, 5) is 17.0. The zero-order valence-electron chi connectivity index (χ0n) is 16.3. The molecule has 1 unspecified atom stereocenters. The molecule has 1 amide bonds. The number of rotatable bonds is 4. The van der Waals surface area contributed by atoms with Crippen LogP contribution in [0, 0.1) is 0 Å². The average Bonchev–Trinajstić information content (AvgIpc) is 2.74. The van der Waals surface area contributed by atoms with E-state index in [0.29, 0.717) is 5.56 Å². The minimum absolute atomic E-state index is 0.115. The third-order valence-corrected chi connectivity index (χ3v) is 6.11. The first kappa shape index (κ1) is 19.3. The fourth-order valence-corrected chi connectivity index (χ4v) is 4.67. The van der Waals surface area contributed by atoms with Gasteiger partial charge in [0.15, 0.2) is 0 Å². The summed E-state index contributed by atoms with van der Waals surface area (Å²) in [5, 5.41) is 3.89. The lowest BCUT2D eigenvalue weighted by Crippen LogP contribution is -2.25. The Hall–Kier alpha value is -3.05. The van der Waals surface area contributed by atoms with Crippen LogP contribution in [0.5, 0.6) is 0 Å². The molecule has 29 heavy (non-hydrogen) atoms. The Bertz CT molecular complexity index is 1060. The summed E-state index contributed by atoms with van der Waals surface area (Å²) in [5.74, 6) is 0.864. The van der Waals surface area contributed by atoms with Crippen molar-refractivity contribution in [3.63, 3.8) is 0 Å². The molecule has 0 bridgehead atoms. The highest BCUT2D eigenvalue weighted by molar-refractivity contribution is 8.03. The van der Waals surface area contributed by atoms with Gasteiger partial charge in [-0.1, -0.05) is 37.3 Å². The Morgan fingerprint density at radius 1 is 1.10 bits per heavy atom. The Labute approximate surface area is 175 Å². The largest absolute Gasteiger partial charge is 0.394 e. The van der Waals surface area contributed by atoms with Crippen LogP contribution in [0.4, 0.5) is 5.69 Å². The molecule has 0 saturated heterocycles. The summed E-state index contributed by atoms with van der Waals surface area (Å²) in [5.41, 5.74) is 10.4. The maximum atomic E-state index is 12.9. The van der Waals surface area contributed by atoms with Gasteiger partial charge in [0, 0.05) is 40.4 Å². The van der Waals surface area contributed by atoms with E-state index in [1.807, 2.05) is 54.6 Å². The van der Waals surface area contributed by atoms with Crippen molar-refractivity contribution in [1.29, 1.82) is 0 Å². The number of amides is 1. The molecule has 1 aromatic heterocycles. The summed E-state index contributed by atoms with van der Waals surface area (Å²) < 4.78 is 0. The number of thioether (sulfide) groups is 1. The molecule has 0 aliphatic carbocycles. The summed E-state index contributed by atoms with van der Waals surface area (Å²) in [6.45, 7) is 2.19. The molecule has 146 valence electrons. The smallest absolute Gasteiger partial charge is 0.255 e. The molecule has 4 rings (SSSR count). The Morgan fingerprint density at radius 3 is 2.72 bits per heavy atom. The summed E-state index contributed by atoms with van der Waals surface area (Å²) in [7, 11) is 0. The molecule has 4 nitrogen and oxygen atoms in total. The molecular weight excluding hydrogens is 378 g/mol. The molecule has 1 atom stereocenters. The molecule has 3 N–H and O–H groups in total. The van der Waals surface area contributed by atoms with Crippen LogP contribution in [0.1, 0.15) is 29.3 Å². The van der Waals surface area contributed by atoms with Crippen LogP contribution in [0.25, 0.3) is 11.1 Å². The highest BCUT2D eigenvalue weighted by Crippen LogP contribution is 2.38. The maximum absolute atomic E-state index is 12.9. The van der Waals surface area contributed by atoms with Crippen molar-refractivity contribution in [3.8, 4) is 11.1 Å². The van der Waals surface area contributed by atoms with E-state index in [-0.39, 0.29) is 11.3 Å². The lowest BCUT2D eigenvalue weighted by Gasteiger charge is -2.31. The molecule has 2 heterocycles. The predicted octanol–water partition coefficient (Wildman–Crippen LogP) is 5.20. The minimum atomic E-state index is -0.132. The normalized spacial score (nSPS) is 18.7. The first-order valence-electron chi connectivity index (χ1n) is 9.57. The fraction of sp³-hybridized carbons (Fsp3) is 0.167. The van der Waals surface area contributed by atoms with Gasteiger partial charge < -0.3 is 11.1 Å². The molecule has 0 radical (unpaired) electrons. The highest BCUT2D eigenvalue weighted by atomic mass is 32.2. The highest BCUT2D eigenvalue weighted by Gasteiger charge is 2.28. The van der Waals surface area contributed by atoms with E-state index in [1.165, 1.54) is 0 Å². The van der Waals surface area contributed by atoms with Gasteiger partial charge in [0.1, 0.15) is 0 Å². The van der Waals surface area contributed by atoms with Gasteiger partial charge in [-0.2, -0.15) is 0 Å². The first-order chi connectivity index (χ1) is 14.0. The maximum Gasteiger partial charge on any atom is 0.255 e. The topological polar surface area (TPSA) is 68.0 Å². The van der Waals surface area contributed by atoms with Crippen molar-refractivity contribution >= 4 is 23.4 Å². The molecule has 5 heteroatoms.